The molecule has 5 heteroatoms. The number of rotatable bonds is 3. The van der Waals surface area contributed by atoms with E-state index in [0.717, 1.165) is 0 Å². The third kappa shape index (κ3) is 7.68. The molecule has 72 valence electrons. The topological polar surface area (TPSA) is 47.6 Å². The summed E-state index contributed by atoms with van der Waals surface area (Å²) in [7, 11) is 0. The molecule has 0 spiro atoms. The van der Waals surface area contributed by atoms with Crippen molar-refractivity contribution in [2.45, 2.75) is 26.4 Å². The zero-order chi connectivity index (χ0) is 9.61. The zero-order valence-corrected chi connectivity index (χ0v) is 8.48. The van der Waals surface area contributed by atoms with E-state index in [4.69, 9.17) is 4.74 Å². The van der Waals surface area contributed by atoms with Crippen molar-refractivity contribution < 1.29 is 13.7 Å². The summed E-state index contributed by atoms with van der Waals surface area (Å²) >= 11 is 3.52. The third-order valence-electron chi connectivity index (χ3n) is 0.862. The summed E-state index contributed by atoms with van der Waals surface area (Å²) in [6, 6.07) is 0. The first-order chi connectivity index (χ1) is 5.45. The van der Waals surface area contributed by atoms with E-state index in [1.54, 1.807) is 0 Å². The number of hydrogen-bond donors (Lipinski definition) is 2. The van der Waals surface area contributed by atoms with E-state index in [-0.39, 0.29) is 0 Å². The molecule has 0 saturated carbocycles. The Hall–Kier alpha value is -0.420. The fraction of sp³-hybridized carbons (Fsp3) is 0.857. The van der Waals surface area contributed by atoms with Gasteiger partial charge >= 0.3 is 6.09 Å². The van der Waals surface area contributed by atoms with E-state index < -0.39 is 11.7 Å². The molecular formula is C7H15NO3S. The van der Waals surface area contributed by atoms with Crippen LogP contribution in [0.5, 0.6) is 0 Å². The molecule has 4 nitrogen and oxygen atoms in total. The van der Waals surface area contributed by atoms with Crippen LogP contribution in [-0.2, 0) is 8.92 Å². The summed E-state index contributed by atoms with van der Waals surface area (Å²) in [6.07, 6.45) is -0.437. The Bertz CT molecular complexity index is 144. The van der Waals surface area contributed by atoms with E-state index >= 15 is 0 Å². The molecule has 0 bridgehead atoms. The first-order valence-electron chi connectivity index (χ1n) is 3.69. The van der Waals surface area contributed by atoms with Crippen molar-refractivity contribution in [3.8, 4) is 0 Å². The highest BCUT2D eigenvalue weighted by Gasteiger charge is 2.15. The number of amides is 1. The molecule has 0 atom stereocenters. The molecule has 0 aromatic carbocycles. The number of ether oxygens (including phenoxy) is 1. The Morgan fingerprint density at radius 1 is 1.50 bits per heavy atom. The molecule has 12 heavy (non-hydrogen) atoms. The van der Waals surface area contributed by atoms with E-state index in [1.807, 2.05) is 20.8 Å². The Morgan fingerprint density at radius 3 is 2.50 bits per heavy atom. The van der Waals surface area contributed by atoms with Crippen molar-refractivity contribution in [2.24, 2.45) is 0 Å². The fourth-order valence-corrected chi connectivity index (χ4v) is 0.604. The van der Waals surface area contributed by atoms with Gasteiger partial charge in [-0.1, -0.05) is 0 Å². The van der Waals surface area contributed by atoms with Gasteiger partial charge in [-0.15, -0.1) is 0 Å². The summed E-state index contributed by atoms with van der Waals surface area (Å²) in [5, 5.41) is 2.51. The van der Waals surface area contributed by atoms with Crippen LogP contribution >= 0.6 is 12.9 Å². The Balaban J connectivity index is 3.47. The maximum atomic E-state index is 10.9. The molecule has 0 aromatic heterocycles. The number of alkyl carbamates (subject to hydrolysis) is 1. The van der Waals surface area contributed by atoms with Crippen LogP contribution < -0.4 is 5.32 Å². The molecule has 0 heterocycles. The van der Waals surface area contributed by atoms with Gasteiger partial charge < -0.3 is 14.2 Å². The van der Waals surface area contributed by atoms with Gasteiger partial charge in [-0.2, -0.15) is 0 Å². The van der Waals surface area contributed by atoms with Crippen molar-refractivity contribution in [1.82, 2.24) is 5.32 Å². The summed E-state index contributed by atoms with van der Waals surface area (Å²) in [5.74, 6) is 0. The van der Waals surface area contributed by atoms with Crippen LogP contribution in [0.2, 0.25) is 0 Å². The van der Waals surface area contributed by atoms with E-state index in [9.17, 15) is 4.79 Å². The van der Waals surface area contributed by atoms with Crippen molar-refractivity contribution in [3.63, 3.8) is 0 Å². The second-order valence-electron chi connectivity index (χ2n) is 3.26. The van der Waals surface area contributed by atoms with Crippen LogP contribution in [-0.4, -0.2) is 24.8 Å². The van der Waals surface area contributed by atoms with Gasteiger partial charge in [0.05, 0.1) is 6.61 Å². The summed E-state index contributed by atoms with van der Waals surface area (Å²) in [5.41, 5.74) is -0.452. The normalized spacial score (nSPS) is 11.0. The highest BCUT2D eigenvalue weighted by Crippen LogP contribution is 2.05. The monoisotopic (exact) mass is 193 g/mol. The largest absolute Gasteiger partial charge is 0.444 e. The Morgan fingerprint density at radius 2 is 2.08 bits per heavy atom. The lowest BCUT2D eigenvalue weighted by molar-refractivity contribution is 0.0522. The average Bonchev–Trinajstić information content (AvgIpc) is 1.84. The fourth-order valence-electron chi connectivity index (χ4n) is 0.513. The minimum Gasteiger partial charge on any atom is -0.444 e. The predicted molar refractivity (Wildman–Crippen MR) is 49.2 cm³/mol. The van der Waals surface area contributed by atoms with Crippen LogP contribution in [0.1, 0.15) is 20.8 Å². The lowest BCUT2D eigenvalue weighted by atomic mass is 10.2. The molecule has 0 aliphatic carbocycles. The number of carbonyl (C=O) groups is 1. The van der Waals surface area contributed by atoms with Crippen molar-refractivity contribution in [2.75, 3.05) is 13.2 Å². The molecule has 0 radical (unpaired) electrons. The third-order valence-corrected chi connectivity index (χ3v) is 1.04. The first-order valence-corrected chi connectivity index (χ1v) is 4.05. The molecule has 0 aliphatic heterocycles. The average molecular weight is 193 g/mol. The molecule has 0 rings (SSSR count). The molecule has 0 aromatic rings. The van der Waals surface area contributed by atoms with Gasteiger partial charge in [0, 0.05) is 6.54 Å². The second kappa shape index (κ2) is 5.27. The van der Waals surface area contributed by atoms with Crippen molar-refractivity contribution >= 4 is 19.0 Å². The van der Waals surface area contributed by atoms with Crippen molar-refractivity contribution in [3.05, 3.63) is 0 Å². The zero-order valence-electron chi connectivity index (χ0n) is 7.59. The maximum absolute atomic E-state index is 10.9. The van der Waals surface area contributed by atoms with Crippen LogP contribution in [0.15, 0.2) is 0 Å². The van der Waals surface area contributed by atoms with Gasteiger partial charge in [0.2, 0.25) is 0 Å². The van der Waals surface area contributed by atoms with Crippen molar-refractivity contribution in [1.29, 1.82) is 0 Å². The van der Waals surface area contributed by atoms with E-state index in [0.29, 0.717) is 13.2 Å². The highest BCUT2D eigenvalue weighted by molar-refractivity contribution is 7.75. The molecule has 1 amide bonds. The molecule has 0 saturated heterocycles. The molecule has 0 unspecified atom stereocenters. The maximum Gasteiger partial charge on any atom is 0.407 e. The smallest absolute Gasteiger partial charge is 0.407 e. The second-order valence-corrected chi connectivity index (χ2v) is 3.52. The summed E-state index contributed by atoms with van der Waals surface area (Å²) in [4.78, 5) is 10.9. The number of thiol groups is 1. The molecule has 0 fully saturated rings. The van der Waals surface area contributed by atoms with Crippen LogP contribution in [0.25, 0.3) is 0 Å². The van der Waals surface area contributed by atoms with E-state index in [1.165, 1.54) is 0 Å². The van der Waals surface area contributed by atoms with Crippen LogP contribution in [0, 0.1) is 0 Å². The Kier molecular flexibility index (Phi) is 5.08. The number of hydrogen-bond acceptors (Lipinski definition) is 4. The van der Waals surface area contributed by atoms with Crippen LogP contribution in [0.4, 0.5) is 4.79 Å². The predicted octanol–water partition coefficient (Wildman–Crippen LogP) is 1.37. The minimum absolute atomic E-state index is 0.363. The standard InChI is InChI=1S/C7H15NO3S/c1-7(2,3)11-6(9)8-4-5-10-12/h12H,4-5H2,1-3H3,(H,8,9). The molecule has 0 aliphatic rings. The quantitative estimate of drug-likeness (QED) is 0.404. The summed E-state index contributed by atoms with van der Waals surface area (Å²) in [6.45, 7) is 6.19. The Labute approximate surface area is 78.2 Å². The highest BCUT2D eigenvalue weighted by atomic mass is 32.1. The van der Waals surface area contributed by atoms with Gasteiger partial charge in [-0.05, 0) is 33.7 Å². The SMILES string of the molecule is CC(C)(C)OC(=O)NCCOS. The number of carbonyl (C=O) groups excluding carboxylic acids is 1. The van der Waals surface area contributed by atoms with Gasteiger partial charge in [0.1, 0.15) is 5.60 Å². The minimum atomic E-state index is -0.452. The van der Waals surface area contributed by atoms with Gasteiger partial charge in [-0.25, -0.2) is 4.79 Å². The summed E-state index contributed by atoms with van der Waals surface area (Å²) < 4.78 is 9.40. The lowest BCUT2D eigenvalue weighted by Crippen LogP contribution is -2.33. The molecule has 1 N–H and O–H groups in total. The molecular weight excluding hydrogens is 178 g/mol. The lowest BCUT2D eigenvalue weighted by Gasteiger charge is -2.19. The number of nitrogens with one attached hydrogen (secondary N) is 1. The first kappa shape index (κ1) is 11.6. The van der Waals surface area contributed by atoms with Gasteiger partial charge in [0.25, 0.3) is 0 Å². The van der Waals surface area contributed by atoms with Gasteiger partial charge in [0.15, 0.2) is 0 Å². The van der Waals surface area contributed by atoms with E-state index in [2.05, 4.69) is 22.4 Å². The van der Waals surface area contributed by atoms with Gasteiger partial charge in [-0.3, -0.25) is 0 Å². The van der Waals surface area contributed by atoms with Crippen LogP contribution in [0.3, 0.4) is 0 Å².